The minimum Gasteiger partial charge on any atom is -0.407 e. The van der Waals surface area contributed by atoms with Gasteiger partial charge in [0, 0.05) is 6.61 Å². The van der Waals surface area contributed by atoms with Crippen LogP contribution in [0.2, 0.25) is 5.04 Å². The average Bonchev–Trinajstić information content (AvgIpc) is 3.42. The van der Waals surface area contributed by atoms with Crippen LogP contribution in [0.25, 0.3) is 0 Å². The topological polar surface area (TPSA) is 27.7 Å². The van der Waals surface area contributed by atoms with Gasteiger partial charge in [0.15, 0.2) is 6.29 Å². The Balaban J connectivity index is 1.15. The van der Waals surface area contributed by atoms with Gasteiger partial charge in [-0.15, -0.1) is 0 Å². The Morgan fingerprint density at radius 1 is 0.684 bits per heavy atom. The molecule has 0 amide bonds. The Hall–Kier alpha value is -2.24. The van der Waals surface area contributed by atoms with E-state index in [0.717, 1.165) is 19.4 Å². The molecule has 3 nitrogen and oxygen atoms in total. The molecule has 0 aliphatic carbocycles. The van der Waals surface area contributed by atoms with Gasteiger partial charge in [-0.3, -0.25) is 0 Å². The Morgan fingerprint density at radius 2 is 1.18 bits per heavy atom. The van der Waals surface area contributed by atoms with E-state index in [2.05, 4.69) is 106 Å². The first-order valence-corrected chi connectivity index (χ1v) is 16.5. The molecule has 0 spiro atoms. The lowest BCUT2D eigenvalue weighted by Gasteiger charge is -2.43. The van der Waals surface area contributed by atoms with Gasteiger partial charge in [-0.25, -0.2) is 0 Å². The van der Waals surface area contributed by atoms with E-state index in [0.29, 0.717) is 6.61 Å². The van der Waals surface area contributed by atoms with Crippen molar-refractivity contribution in [3.63, 3.8) is 0 Å². The van der Waals surface area contributed by atoms with Gasteiger partial charge in [0.1, 0.15) is 6.10 Å². The second-order valence-electron chi connectivity index (χ2n) is 11.6. The first-order chi connectivity index (χ1) is 18.5. The van der Waals surface area contributed by atoms with Crippen molar-refractivity contribution in [2.45, 2.75) is 89.6 Å². The highest BCUT2D eigenvalue weighted by Crippen LogP contribution is 2.37. The summed E-state index contributed by atoms with van der Waals surface area (Å²) in [5, 5.41) is 2.77. The predicted molar refractivity (Wildman–Crippen MR) is 161 cm³/mol. The molecule has 1 heterocycles. The van der Waals surface area contributed by atoms with Crippen LogP contribution in [-0.4, -0.2) is 27.8 Å². The molecule has 4 rings (SSSR count). The number of ether oxygens (including phenoxy) is 2. The Kier molecular flexibility index (Phi) is 10.8. The number of hydrogen-bond acceptors (Lipinski definition) is 3. The predicted octanol–water partition coefficient (Wildman–Crippen LogP) is 7.80. The smallest absolute Gasteiger partial charge is 0.261 e. The molecular formula is C34H46O3Si. The van der Waals surface area contributed by atoms with Crippen LogP contribution < -0.4 is 10.4 Å². The summed E-state index contributed by atoms with van der Waals surface area (Å²) in [6.07, 6.45) is 9.66. The fraction of sp³-hybridized carbons (Fsp3) is 0.471. The summed E-state index contributed by atoms with van der Waals surface area (Å²) in [6.45, 7) is 8.55. The molecule has 4 heteroatoms. The first kappa shape index (κ1) is 28.8. The normalized spacial score (nSPS) is 18.1. The number of rotatable bonds is 14. The molecule has 204 valence electrons. The molecule has 1 aliphatic rings. The van der Waals surface area contributed by atoms with Crippen LogP contribution in [-0.2, 0) is 13.9 Å². The van der Waals surface area contributed by atoms with Crippen molar-refractivity contribution in [1.82, 2.24) is 0 Å². The largest absolute Gasteiger partial charge is 0.407 e. The van der Waals surface area contributed by atoms with Crippen LogP contribution in [0.1, 0.15) is 83.8 Å². The molecule has 3 aromatic carbocycles. The SMILES string of the molecule is CC(C)(C)[Si](OCCCCCCCCCC1OCC(c2ccccc2)O1)(c1ccccc1)c1ccccc1. The van der Waals surface area contributed by atoms with Crippen molar-refractivity contribution >= 4 is 18.7 Å². The highest BCUT2D eigenvalue weighted by atomic mass is 28.4. The fourth-order valence-corrected chi connectivity index (χ4v) is 10.3. The minimum atomic E-state index is -2.40. The van der Waals surface area contributed by atoms with Crippen LogP contribution in [0.4, 0.5) is 0 Å². The zero-order valence-corrected chi connectivity index (χ0v) is 24.6. The van der Waals surface area contributed by atoms with E-state index in [9.17, 15) is 0 Å². The van der Waals surface area contributed by atoms with Gasteiger partial charge in [-0.2, -0.15) is 0 Å². The minimum absolute atomic E-state index is 0.0427. The number of benzene rings is 3. The maximum Gasteiger partial charge on any atom is 0.261 e. The molecule has 0 aromatic heterocycles. The maximum absolute atomic E-state index is 7.02. The van der Waals surface area contributed by atoms with Gasteiger partial charge >= 0.3 is 0 Å². The van der Waals surface area contributed by atoms with E-state index in [1.807, 2.05) is 6.07 Å². The van der Waals surface area contributed by atoms with Gasteiger partial charge in [-0.05, 0) is 40.2 Å². The lowest BCUT2D eigenvalue weighted by atomic mass is 10.1. The molecule has 1 aliphatic heterocycles. The van der Waals surface area contributed by atoms with E-state index in [1.54, 1.807) is 0 Å². The molecule has 0 N–H and O–H groups in total. The molecular weight excluding hydrogens is 484 g/mol. The van der Waals surface area contributed by atoms with Crippen molar-refractivity contribution in [3.8, 4) is 0 Å². The summed E-state index contributed by atoms with van der Waals surface area (Å²) in [5.74, 6) is 0. The van der Waals surface area contributed by atoms with E-state index < -0.39 is 8.32 Å². The van der Waals surface area contributed by atoms with Crippen LogP contribution in [0.5, 0.6) is 0 Å². The fourth-order valence-electron chi connectivity index (χ4n) is 5.73. The molecule has 1 saturated heterocycles. The zero-order chi connectivity index (χ0) is 26.7. The summed E-state index contributed by atoms with van der Waals surface area (Å²) in [7, 11) is -2.40. The summed E-state index contributed by atoms with van der Waals surface area (Å²) in [4.78, 5) is 0. The standard InChI is InChI=1S/C34H46O3Si/c1-34(2,3)38(30-22-14-10-15-23-30,31-24-16-11-17-25-31)36-27-19-8-6-4-5-7-18-26-33-35-28-32(37-33)29-20-12-9-13-21-29/h9-17,20-25,32-33H,4-8,18-19,26-28H2,1-3H3. The molecule has 2 atom stereocenters. The third-order valence-electron chi connectivity index (χ3n) is 7.74. The Morgan fingerprint density at radius 3 is 1.74 bits per heavy atom. The van der Waals surface area contributed by atoms with Gasteiger partial charge < -0.3 is 13.9 Å². The second kappa shape index (κ2) is 14.2. The second-order valence-corrected chi connectivity index (χ2v) is 15.9. The number of hydrogen-bond donors (Lipinski definition) is 0. The third-order valence-corrected chi connectivity index (χ3v) is 12.8. The third kappa shape index (κ3) is 7.44. The Bertz CT molecular complexity index is 1010. The van der Waals surface area contributed by atoms with Crippen LogP contribution in [0, 0.1) is 0 Å². The van der Waals surface area contributed by atoms with E-state index in [4.69, 9.17) is 13.9 Å². The quantitative estimate of drug-likeness (QED) is 0.157. The summed E-state index contributed by atoms with van der Waals surface area (Å²) >= 11 is 0. The van der Waals surface area contributed by atoms with Crippen molar-refractivity contribution in [2.24, 2.45) is 0 Å². The van der Waals surface area contributed by atoms with E-state index in [1.165, 1.54) is 54.5 Å². The highest BCUT2D eigenvalue weighted by molar-refractivity contribution is 6.99. The van der Waals surface area contributed by atoms with Gasteiger partial charge in [0.25, 0.3) is 8.32 Å². The van der Waals surface area contributed by atoms with Crippen molar-refractivity contribution < 1.29 is 13.9 Å². The van der Waals surface area contributed by atoms with Gasteiger partial charge in [0.05, 0.1) is 6.61 Å². The number of unbranched alkanes of at least 4 members (excludes halogenated alkanes) is 6. The molecule has 2 unspecified atom stereocenters. The van der Waals surface area contributed by atoms with E-state index in [-0.39, 0.29) is 17.4 Å². The molecule has 0 bridgehead atoms. The molecule has 0 radical (unpaired) electrons. The van der Waals surface area contributed by atoms with Gasteiger partial charge in [0.2, 0.25) is 0 Å². The first-order valence-electron chi connectivity index (χ1n) is 14.6. The van der Waals surface area contributed by atoms with Crippen LogP contribution >= 0.6 is 0 Å². The Labute approximate surface area is 231 Å². The lowest BCUT2D eigenvalue weighted by molar-refractivity contribution is -0.0638. The molecule has 1 fully saturated rings. The zero-order valence-electron chi connectivity index (χ0n) is 23.6. The van der Waals surface area contributed by atoms with Crippen LogP contribution in [0.3, 0.4) is 0 Å². The van der Waals surface area contributed by atoms with Crippen LogP contribution in [0.15, 0.2) is 91.0 Å². The summed E-state index contributed by atoms with van der Waals surface area (Å²) < 4.78 is 19.0. The van der Waals surface area contributed by atoms with Gasteiger partial charge in [-0.1, -0.05) is 144 Å². The summed E-state index contributed by atoms with van der Waals surface area (Å²) in [5.41, 5.74) is 1.22. The van der Waals surface area contributed by atoms with E-state index >= 15 is 0 Å². The van der Waals surface area contributed by atoms with Crippen molar-refractivity contribution in [2.75, 3.05) is 13.2 Å². The maximum atomic E-state index is 7.02. The van der Waals surface area contributed by atoms with Crippen molar-refractivity contribution in [3.05, 3.63) is 96.6 Å². The molecule has 3 aromatic rings. The molecule has 0 saturated carbocycles. The lowest BCUT2D eigenvalue weighted by Crippen LogP contribution is -2.66. The van der Waals surface area contributed by atoms with Crippen molar-refractivity contribution in [1.29, 1.82) is 0 Å². The highest BCUT2D eigenvalue weighted by Gasteiger charge is 2.49. The summed E-state index contributed by atoms with van der Waals surface area (Å²) in [6, 6.07) is 32.3. The average molecular weight is 531 g/mol. The monoisotopic (exact) mass is 530 g/mol. The molecule has 38 heavy (non-hydrogen) atoms.